The van der Waals surface area contributed by atoms with Crippen molar-refractivity contribution >= 4 is 22.8 Å². The van der Waals surface area contributed by atoms with Gasteiger partial charge >= 0.3 is 0 Å². The smallest absolute Gasteiger partial charge is 0.251 e. The van der Waals surface area contributed by atoms with Crippen LogP contribution in [0.2, 0.25) is 0 Å². The number of imidazole rings is 1. The van der Waals surface area contributed by atoms with Crippen molar-refractivity contribution in [2.75, 3.05) is 19.9 Å². The second-order valence-electron chi connectivity index (χ2n) is 5.71. The van der Waals surface area contributed by atoms with Gasteiger partial charge in [0.1, 0.15) is 0 Å². The molecule has 0 saturated heterocycles. The molecular formula is C18H16N4O4. The Balaban J connectivity index is 1.28. The first kappa shape index (κ1) is 15.9. The van der Waals surface area contributed by atoms with Gasteiger partial charge in [0.25, 0.3) is 11.8 Å². The third kappa shape index (κ3) is 3.16. The van der Waals surface area contributed by atoms with Crippen LogP contribution in [0.1, 0.15) is 20.7 Å². The van der Waals surface area contributed by atoms with Crippen LogP contribution < -0.4 is 20.1 Å². The van der Waals surface area contributed by atoms with Crippen LogP contribution in [0.15, 0.2) is 42.7 Å². The minimum Gasteiger partial charge on any atom is -0.454 e. The van der Waals surface area contributed by atoms with Gasteiger partial charge in [-0.3, -0.25) is 9.59 Å². The zero-order valence-corrected chi connectivity index (χ0v) is 13.7. The topological polar surface area (TPSA) is 105 Å². The van der Waals surface area contributed by atoms with Crippen molar-refractivity contribution in [2.45, 2.75) is 0 Å². The lowest BCUT2D eigenvalue weighted by Crippen LogP contribution is -2.34. The number of hydrogen-bond acceptors (Lipinski definition) is 5. The van der Waals surface area contributed by atoms with E-state index in [9.17, 15) is 9.59 Å². The summed E-state index contributed by atoms with van der Waals surface area (Å²) in [6, 6.07) is 10.2. The average molecular weight is 352 g/mol. The van der Waals surface area contributed by atoms with E-state index in [0.29, 0.717) is 35.7 Å². The van der Waals surface area contributed by atoms with E-state index >= 15 is 0 Å². The summed E-state index contributed by atoms with van der Waals surface area (Å²) >= 11 is 0. The number of benzene rings is 2. The minimum atomic E-state index is -0.239. The summed E-state index contributed by atoms with van der Waals surface area (Å²) in [5.41, 5.74) is 2.61. The molecule has 1 aliphatic rings. The van der Waals surface area contributed by atoms with Gasteiger partial charge in [-0.1, -0.05) is 0 Å². The Morgan fingerprint density at radius 3 is 2.46 bits per heavy atom. The molecule has 1 aliphatic heterocycles. The molecule has 8 heteroatoms. The van der Waals surface area contributed by atoms with Crippen molar-refractivity contribution in [3.05, 3.63) is 53.9 Å². The van der Waals surface area contributed by atoms with Crippen LogP contribution in [-0.2, 0) is 0 Å². The van der Waals surface area contributed by atoms with Crippen LogP contribution in [0, 0.1) is 0 Å². The van der Waals surface area contributed by atoms with E-state index in [4.69, 9.17) is 9.47 Å². The highest BCUT2D eigenvalue weighted by atomic mass is 16.7. The quantitative estimate of drug-likeness (QED) is 0.603. The van der Waals surface area contributed by atoms with Crippen molar-refractivity contribution in [3.8, 4) is 11.5 Å². The average Bonchev–Trinajstić information content (AvgIpc) is 3.32. The maximum atomic E-state index is 12.2. The maximum absolute atomic E-state index is 12.2. The SMILES string of the molecule is O=C(NCCNC(=O)c1ccc2nc[nH]c2c1)c1ccc2c(c1)OCO2. The molecule has 1 aromatic heterocycles. The Morgan fingerprint density at radius 2 is 1.65 bits per heavy atom. The first-order valence-electron chi connectivity index (χ1n) is 8.10. The molecule has 8 nitrogen and oxygen atoms in total. The highest BCUT2D eigenvalue weighted by molar-refractivity contribution is 5.97. The summed E-state index contributed by atoms with van der Waals surface area (Å²) < 4.78 is 10.5. The van der Waals surface area contributed by atoms with Crippen molar-refractivity contribution in [2.24, 2.45) is 0 Å². The first-order chi connectivity index (χ1) is 12.7. The van der Waals surface area contributed by atoms with E-state index in [0.717, 1.165) is 11.0 Å². The minimum absolute atomic E-state index is 0.163. The van der Waals surface area contributed by atoms with E-state index in [2.05, 4.69) is 20.6 Å². The number of hydrogen-bond donors (Lipinski definition) is 3. The Labute approximate surface area is 148 Å². The molecule has 0 fully saturated rings. The van der Waals surface area contributed by atoms with E-state index in [1.165, 1.54) is 0 Å². The van der Waals surface area contributed by atoms with Gasteiger partial charge in [0.05, 0.1) is 17.4 Å². The van der Waals surface area contributed by atoms with Gasteiger partial charge in [0.2, 0.25) is 6.79 Å². The number of carbonyl (C=O) groups is 2. The van der Waals surface area contributed by atoms with Gasteiger partial charge in [-0.15, -0.1) is 0 Å². The molecule has 0 unspecified atom stereocenters. The third-order valence-electron chi connectivity index (χ3n) is 4.01. The highest BCUT2D eigenvalue weighted by Crippen LogP contribution is 2.32. The first-order valence-corrected chi connectivity index (χ1v) is 8.10. The van der Waals surface area contributed by atoms with Crippen LogP contribution in [0.3, 0.4) is 0 Å². The summed E-state index contributed by atoms with van der Waals surface area (Å²) in [6.45, 7) is 0.790. The molecule has 0 atom stereocenters. The predicted molar refractivity (Wildman–Crippen MR) is 93.3 cm³/mol. The van der Waals surface area contributed by atoms with Gasteiger partial charge in [0, 0.05) is 24.2 Å². The van der Waals surface area contributed by atoms with Gasteiger partial charge in [-0.25, -0.2) is 4.98 Å². The second kappa shape index (κ2) is 6.75. The van der Waals surface area contributed by atoms with Gasteiger partial charge < -0.3 is 25.1 Å². The lowest BCUT2D eigenvalue weighted by atomic mass is 10.2. The molecule has 0 aliphatic carbocycles. The fraction of sp³-hybridized carbons (Fsp3) is 0.167. The molecule has 3 aromatic rings. The predicted octanol–water partition coefficient (Wildman–Crippen LogP) is 1.45. The summed E-state index contributed by atoms with van der Waals surface area (Å²) in [4.78, 5) is 31.4. The van der Waals surface area contributed by atoms with E-state index in [1.54, 1.807) is 42.7 Å². The van der Waals surface area contributed by atoms with Crippen molar-refractivity contribution in [1.29, 1.82) is 0 Å². The Bertz CT molecular complexity index is 982. The Kier molecular flexibility index (Phi) is 4.14. The largest absolute Gasteiger partial charge is 0.454 e. The molecule has 26 heavy (non-hydrogen) atoms. The summed E-state index contributed by atoms with van der Waals surface area (Å²) in [5, 5.41) is 5.53. The molecule has 0 radical (unpaired) electrons. The molecular weight excluding hydrogens is 336 g/mol. The number of ether oxygens (including phenoxy) is 2. The third-order valence-corrected chi connectivity index (χ3v) is 4.01. The Hall–Kier alpha value is -3.55. The molecule has 0 saturated carbocycles. The van der Waals surface area contributed by atoms with Gasteiger partial charge in [-0.05, 0) is 36.4 Å². The standard InChI is InChI=1S/C18H16N4O4/c23-17(11-1-3-13-14(7-11)22-9-21-13)19-5-6-20-18(24)12-2-4-15-16(8-12)26-10-25-15/h1-4,7-9H,5-6,10H2,(H,19,23)(H,20,24)(H,21,22). The number of rotatable bonds is 5. The Morgan fingerprint density at radius 1 is 0.962 bits per heavy atom. The van der Waals surface area contributed by atoms with Crippen LogP contribution in [0.5, 0.6) is 11.5 Å². The van der Waals surface area contributed by atoms with Crippen LogP contribution in [-0.4, -0.2) is 41.7 Å². The monoisotopic (exact) mass is 352 g/mol. The molecule has 4 rings (SSSR count). The lowest BCUT2D eigenvalue weighted by Gasteiger charge is -2.08. The number of nitrogens with one attached hydrogen (secondary N) is 3. The summed E-state index contributed by atoms with van der Waals surface area (Å²) in [7, 11) is 0. The number of aromatic nitrogens is 2. The zero-order valence-electron chi connectivity index (χ0n) is 13.7. The van der Waals surface area contributed by atoms with Crippen molar-refractivity contribution in [1.82, 2.24) is 20.6 Å². The maximum Gasteiger partial charge on any atom is 0.251 e. The van der Waals surface area contributed by atoms with Crippen LogP contribution in [0.25, 0.3) is 11.0 Å². The number of carbonyl (C=O) groups excluding carboxylic acids is 2. The summed E-state index contributed by atoms with van der Waals surface area (Å²) in [5.74, 6) is 0.735. The molecule has 2 aromatic carbocycles. The lowest BCUT2D eigenvalue weighted by molar-refractivity contribution is 0.0927. The number of fused-ring (bicyclic) bond motifs is 2. The number of H-pyrrole nitrogens is 1. The molecule has 2 heterocycles. The van der Waals surface area contributed by atoms with E-state index in [-0.39, 0.29) is 18.6 Å². The van der Waals surface area contributed by atoms with Gasteiger partial charge in [-0.2, -0.15) is 0 Å². The molecule has 0 bridgehead atoms. The van der Waals surface area contributed by atoms with Crippen molar-refractivity contribution < 1.29 is 19.1 Å². The highest BCUT2D eigenvalue weighted by Gasteiger charge is 2.16. The van der Waals surface area contributed by atoms with Crippen LogP contribution in [0.4, 0.5) is 0 Å². The second-order valence-corrected chi connectivity index (χ2v) is 5.71. The number of aromatic amines is 1. The van der Waals surface area contributed by atoms with E-state index < -0.39 is 0 Å². The fourth-order valence-electron chi connectivity index (χ4n) is 2.67. The number of amides is 2. The summed E-state index contributed by atoms with van der Waals surface area (Å²) in [6.07, 6.45) is 1.58. The van der Waals surface area contributed by atoms with Crippen LogP contribution >= 0.6 is 0 Å². The zero-order chi connectivity index (χ0) is 17.9. The number of nitrogens with zero attached hydrogens (tertiary/aromatic N) is 1. The molecule has 132 valence electrons. The normalized spacial score (nSPS) is 12.2. The van der Waals surface area contributed by atoms with E-state index in [1.807, 2.05) is 0 Å². The fourth-order valence-corrected chi connectivity index (χ4v) is 2.67. The molecule has 3 N–H and O–H groups in total. The van der Waals surface area contributed by atoms with Gasteiger partial charge in [0.15, 0.2) is 11.5 Å². The molecule has 0 spiro atoms. The van der Waals surface area contributed by atoms with Crippen molar-refractivity contribution in [3.63, 3.8) is 0 Å². The molecule has 2 amide bonds.